The molecule has 1 aliphatic carbocycles. The minimum absolute atomic E-state index is 0.0416. The van der Waals surface area contributed by atoms with Crippen molar-refractivity contribution in [2.24, 2.45) is 5.92 Å². The average molecular weight is 447 g/mol. The number of amides is 2. The molecule has 5 rings (SSSR count). The Morgan fingerprint density at radius 3 is 2.28 bits per heavy atom. The highest BCUT2D eigenvalue weighted by Crippen LogP contribution is 2.30. The molecule has 0 spiro atoms. The minimum atomic E-state index is -0.361. The maximum atomic E-state index is 12.9. The van der Waals surface area contributed by atoms with Crippen molar-refractivity contribution in [2.75, 3.05) is 10.6 Å². The van der Waals surface area contributed by atoms with Crippen molar-refractivity contribution in [1.82, 2.24) is 9.78 Å². The summed E-state index contributed by atoms with van der Waals surface area (Å²) >= 11 is 6.01. The molecule has 0 atom stereocenters. The molecule has 1 aliphatic rings. The van der Waals surface area contributed by atoms with Gasteiger partial charge >= 0.3 is 0 Å². The van der Waals surface area contributed by atoms with Crippen molar-refractivity contribution >= 4 is 34.8 Å². The van der Waals surface area contributed by atoms with Gasteiger partial charge in [-0.15, -0.1) is 0 Å². The lowest BCUT2D eigenvalue weighted by molar-refractivity contribution is -0.117. The summed E-state index contributed by atoms with van der Waals surface area (Å²) in [4.78, 5) is 24.8. The third kappa shape index (κ3) is 4.29. The van der Waals surface area contributed by atoms with Crippen molar-refractivity contribution in [1.29, 1.82) is 0 Å². The molecular formula is C24H19ClN4O3. The highest BCUT2D eigenvalue weighted by molar-refractivity contribution is 6.30. The second kappa shape index (κ2) is 8.36. The highest BCUT2D eigenvalue weighted by atomic mass is 35.5. The maximum Gasteiger partial charge on any atom is 0.276 e. The fraction of sp³-hybridized carbons (Fsp3) is 0.125. The minimum Gasteiger partial charge on any atom is -0.463 e. The van der Waals surface area contributed by atoms with Gasteiger partial charge in [0.2, 0.25) is 5.91 Å². The Bertz CT molecular complexity index is 1260. The Balaban J connectivity index is 1.37. The first-order valence-electron chi connectivity index (χ1n) is 10.2. The van der Waals surface area contributed by atoms with Crippen LogP contribution in [-0.4, -0.2) is 21.6 Å². The second-order valence-electron chi connectivity index (χ2n) is 7.58. The van der Waals surface area contributed by atoms with Crippen LogP contribution in [0.1, 0.15) is 23.3 Å². The van der Waals surface area contributed by atoms with E-state index in [1.807, 2.05) is 12.1 Å². The largest absolute Gasteiger partial charge is 0.463 e. The lowest BCUT2D eigenvalue weighted by Crippen LogP contribution is -2.14. The molecule has 0 radical (unpaired) electrons. The van der Waals surface area contributed by atoms with Gasteiger partial charge in [0.15, 0.2) is 11.5 Å². The SMILES string of the molecule is O=C(Nc1ccc(NC(=O)C2CC2)cc1)c1cc(-c2ccco2)n(-c2ccc(Cl)cc2)n1. The van der Waals surface area contributed by atoms with E-state index in [0.717, 1.165) is 18.5 Å². The van der Waals surface area contributed by atoms with Gasteiger partial charge < -0.3 is 15.1 Å². The van der Waals surface area contributed by atoms with Crippen molar-refractivity contribution < 1.29 is 14.0 Å². The smallest absolute Gasteiger partial charge is 0.276 e. The summed E-state index contributed by atoms with van der Waals surface area (Å²) in [5, 5.41) is 10.8. The number of benzene rings is 2. The molecule has 2 N–H and O–H groups in total. The Hall–Kier alpha value is -3.84. The third-order valence-electron chi connectivity index (χ3n) is 5.15. The van der Waals surface area contributed by atoms with Gasteiger partial charge in [-0.3, -0.25) is 9.59 Å². The predicted octanol–water partition coefficient (Wildman–Crippen LogP) is 5.39. The highest BCUT2D eigenvalue weighted by Gasteiger charge is 2.29. The predicted molar refractivity (Wildman–Crippen MR) is 122 cm³/mol. The van der Waals surface area contributed by atoms with Gasteiger partial charge in [0.25, 0.3) is 5.91 Å². The molecule has 2 aromatic carbocycles. The summed E-state index contributed by atoms with van der Waals surface area (Å²) in [5.74, 6) is 0.399. The summed E-state index contributed by atoms with van der Waals surface area (Å²) in [7, 11) is 0. The summed E-state index contributed by atoms with van der Waals surface area (Å²) in [6, 6.07) is 19.4. The van der Waals surface area contributed by atoms with Crippen LogP contribution >= 0.6 is 11.6 Å². The van der Waals surface area contributed by atoms with Crippen molar-refractivity contribution in [3.05, 3.63) is 83.7 Å². The number of rotatable bonds is 6. The molecule has 0 unspecified atom stereocenters. The van der Waals surface area contributed by atoms with E-state index in [0.29, 0.717) is 27.9 Å². The number of anilines is 2. The molecule has 0 aliphatic heterocycles. The first kappa shape index (κ1) is 20.1. The van der Waals surface area contributed by atoms with E-state index in [-0.39, 0.29) is 23.4 Å². The van der Waals surface area contributed by atoms with Crippen LogP contribution in [0.25, 0.3) is 17.1 Å². The van der Waals surface area contributed by atoms with Gasteiger partial charge in [-0.2, -0.15) is 5.10 Å². The number of hydrogen-bond acceptors (Lipinski definition) is 4. The number of nitrogens with one attached hydrogen (secondary N) is 2. The molecule has 1 fully saturated rings. The number of furan rings is 1. The zero-order valence-corrected chi connectivity index (χ0v) is 17.7. The van der Waals surface area contributed by atoms with Gasteiger partial charge in [0.05, 0.1) is 12.0 Å². The number of carbonyl (C=O) groups is 2. The summed E-state index contributed by atoms with van der Waals surface area (Å²) in [5.41, 5.74) is 2.92. The van der Waals surface area contributed by atoms with E-state index in [2.05, 4.69) is 15.7 Å². The average Bonchev–Trinajstić information content (AvgIpc) is 3.32. The number of hydrogen-bond donors (Lipinski definition) is 2. The van der Waals surface area contributed by atoms with Crippen LogP contribution < -0.4 is 10.6 Å². The number of nitrogens with zero attached hydrogens (tertiary/aromatic N) is 2. The van der Waals surface area contributed by atoms with E-state index in [1.165, 1.54) is 0 Å². The molecule has 4 aromatic rings. The van der Waals surface area contributed by atoms with Gasteiger partial charge in [0.1, 0.15) is 5.69 Å². The summed E-state index contributed by atoms with van der Waals surface area (Å²) < 4.78 is 7.17. The topological polar surface area (TPSA) is 89.2 Å². The van der Waals surface area contributed by atoms with E-state index in [1.54, 1.807) is 65.5 Å². The Kier molecular flexibility index (Phi) is 5.25. The Labute approximate surface area is 189 Å². The molecule has 160 valence electrons. The quantitative estimate of drug-likeness (QED) is 0.415. The summed E-state index contributed by atoms with van der Waals surface area (Å²) in [6.07, 6.45) is 3.46. The van der Waals surface area contributed by atoms with Crippen molar-refractivity contribution in [3.63, 3.8) is 0 Å². The van der Waals surface area contributed by atoms with Crippen LogP contribution in [0.4, 0.5) is 11.4 Å². The molecule has 8 heteroatoms. The third-order valence-corrected chi connectivity index (χ3v) is 5.40. The van der Waals surface area contributed by atoms with Crippen LogP contribution in [0.3, 0.4) is 0 Å². The Morgan fingerprint density at radius 2 is 1.66 bits per heavy atom. The maximum absolute atomic E-state index is 12.9. The first-order valence-corrected chi connectivity index (χ1v) is 10.6. The zero-order valence-electron chi connectivity index (χ0n) is 16.9. The Morgan fingerprint density at radius 1 is 0.969 bits per heavy atom. The molecule has 0 bridgehead atoms. The first-order chi connectivity index (χ1) is 15.6. The zero-order chi connectivity index (χ0) is 22.1. The lowest BCUT2D eigenvalue weighted by atomic mass is 10.2. The van der Waals surface area contributed by atoms with E-state index in [9.17, 15) is 9.59 Å². The van der Waals surface area contributed by atoms with E-state index >= 15 is 0 Å². The van der Waals surface area contributed by atoms with Crippen LogP contribution in [-0.2, 0) is 4.79 Å². The molecule has 0 saturated heterocycles. The van der Waals surface area contributed by atoms with Gasteiger partial charge in [-0.1, -0.05) is 11.6 Å². The molecule has 2 heterocycles. The van der Waals surface area contributed by atoms with Crippen molar-refractivity contribution in [3.8, 4) is 17.1 Å². The van der Waals surface area contributed by atoms with Gasteiger partial charge in [-0.25, -0.2) is 4.68 Å². The number of carbonyl (C=O) groups excluding carboxylic acids is 2. The molecule has 2 aromatic heterocycles. The molecule has 32 heavy (non-hydrogen) atoms. The van der Waals surface area contributed by atoms with E-state index < -0.39 is 0 Å². The fourth-order valence-electron chi connectivity index (χ4n) is 3.29. The summed E-state index contributed by atoms with van der Waals surface area (Å²) in [6.45, 7) is 0. The van der Waals surface area contributed by atoms with Crippen molar-refractivity contribution in [2.45, 2.75) is 12.8 Å². The van der Waals surface area contributed by atoms with Gasteiger partial charge in [-0.05, 0) is 73.5 Å². The van der Waals surface area contributed by atoms with Crippen LogP contribution in [0.5, 0.6) is 0 Å². The standard InChI is InChI=1S/C24H19ClN4O3/c25-16-5-11-19(12-6-16)29-21(22-2-1-13-32-22)14-20(28-29)24(31)27-18-9-7-17(8-10-18)26-23(30)15-3-4-15/h1-2,5-15H,3-4H2,(H,26,30)(H,27,31). The monoisotopic (exact) mass is 446 g/mol. The van der Waals surface area contributed by atoms with E-state index in [4.69, 9.17) is 16.0 Å². The molecule has 7 nitrogen and oxygen atoms in total. The second-order valence-corrected chi connectivity index (χ2v) is 8.01. The molecule has 1 saturated carbocycles. The fourth-order valence-corrected chi connectivity index (χ4v) is 3.42. The molecule has 2 amide bonds. The number of aromatic nitrogens is 2. The van der Waals surface area contributed by atoms with Crippen LogP contribution in [0, 0.1) is 5.92 Å². The normalized spacial score (nSPS) is 13.0. The lowest BCUT2D eigenvalue weighted by Gasteiger charge is -2.07. The van der Waals surface area contributed by atoms with Crippen LogP contribution in [0.15, 0.2) is 77.4 Å². The number of halogens is 1. The van der Waals surface area contributed by atoms with Gasteiger partial charge in [0, 0.05) is 28.4 Å². The van der Waals surface area contributed by atoms with Crippen LogP contribution in [0.2, 0.25) is 5.02 Å². The molecular weight excluding hydrogens is 428 g/mol.